The van der Waals surface area contributed by atoms with Crippen molar-refractivity contribution in [3.63, 3.8) is 0 Å². The molecule has 98 valence electrons. The number of benzene rings is 1. The van der Waals surface area contributed by atoms with Crippen LogP contribution in [0.25, 0.3) is 0 Å². The van der Waals surface area contributed by atoms with Crippen LogP contribution in [0.15, 0.2) is 24.3 Å². The molecule has 0 radical (unpaired) electrons. The molecule has 8 heteroatoms. The van der Waals surface area contributed by atoms with Crippen LogP contribution in [0.4, 0.5) is 24.5 Å². The first kappa shape index (κ1) is 13.8. The summed E-state index contributed by atoms with van der Waals surface area (Å²) in [6.07, 6.45) is -4.94. The molecule has 0 aliphatic heterocycles. The summed E-state index contributed by atoms with van der Waals surface area (Å²) in [6, 6.07) is 5.76. The quantitative estimate of drug-likeness (QED) is 0.724. The average molecular weight is 261 g/mol. The van der Waals surface area contributed by atoms with Gasteiger partial charge in [-0.25, -0.2) is 0 Å². The molecule has 18 heavy (non-hydrogen) atoms. The van der Waals surface area contributed by atoms with Gasteiger partial charge in [0.2, 0.25) is 5.91 Å². The standard InChI is InChI=1S/C10H10F3N3O2/c1-6(17)14-7-2-4-8(5-3-7)15-16-9(18)10(11,12)13/h2-5,15H,1H3,(H,14,17)(H,16,18). The molecule has 0 saturated carbocycles. The number of halogens is 3. The molecule has 0 aromatic heterocycles. The summed E-state index contributed by atoms with van der Waals surface area (Å²) in [4.78, 5) is 21.2. The first-order chi connectivity index (χ1) is 8.29. The Labute approximate surface area is 100 Å². The lowest BCUT2D eigenvalue weighted by molar-refractivity contribution is -0.173. The molecule has 0 unspecified atom stereocenters. The summed E-state index contributed by atoms with van der Waals surface area (Å²) >= 11 is 0. The van der Waals surface area contributed by atoms with Gasteiger partial charge in [0.25, 0.3) is 0 Å². The van der Waals surface area contributed by atoms with Crippen molar-refractivity contribution in [1.29, 1.82) is 0 Å². The Bertz CT molecular complexity index is 443. The van der Waals surface area contributed by atoms with Crippen molar-refractivity contribution < 1.29 is 22.8 Å². The van der Waals surface area contributed by atoms with Crippen molar-refractivity contribution in [2.45, 2.75) is 13.1 Å². The lowest BCUT2D eigenvalue weighted by atomic mass is 10.3. The molecule has 0 saturated heterocycles. The van der Waals surface area contributed by atoms with Crippen LogP contribution in [0.3, 0.4) is 0 Å². The van der Waals surface area contributed by atoms with Crippen molar-refractivity contribution in [3.05, 3.63) is 24.3 Å². The van der Waals surface area contributed by atoms with Crippen LogP contribution in [0.2, 0.25) is 0 Å². The zero-order chi connectivity index (χ0) is 13.8. The maximum Gasteiger partial charge on any atom is 0.472 e. The average Bonchev–Trinajstić information content (AvgIpc) is 2.25. The lowest BCUT2D eigenvalue weighted by Gasteiger charge is -2.10. The van der Waals surface area contributed by atoms with Crippen molar-refractivity contribution >= 4 is 23.2 Å². The van der Waals surface area contributed by atoms with Crippen molar-refractivity contribution in [2.75, 3.05) is 10.7 Å². The highest BCUT2D eigenvalue weighted by Gasteiger charge is 2.38. The van der Waals surface area contributed by atoms with Crippen LogP contribution in [0.5, 0.6) is 0 Å². The Morgan fingerprint density at radius 3 is 2.00 bits per heavy atom. The van der Waals surface area contributed by atoms with Gasteiger partial charge >= 0.3 is 12.1 Å². The number of amides is 2. The number of rotatable bonds is 3. The van der Waals surface area contributed by atoms with Gasteiger partial charge in [0.15, 0.2) is 0 Å². The molecule has 0 bridgehead atoms. The predicted molar refractivity (Wildman–Crippen MR) is 58.6 cm³/mol. The number of hydrogen-bond donors (Lipinski definition) is 3. The minimum Gasteiger partial charge on any atom is -0.326 e. The maximum atomic E-state index is 11.9. The molecular formula is C10H10F3N3O2. The van der Waals surface area contributed by atoms with Gasteiger partial charge < -0.3 is 5.32 Å². The summed E-state index contributed by atoms with van der Waals surface area (Å²) in [7, 11) is 0. The van der Waals surface area contributed by atoms with Crippen molar-refractivity contribution in [3.8, 4) is 0 Å². The van der Waals surface area contributed by atoms with E-state index < -0.39 is 12.1 Å². The Kier molecular flexibility index (Phi) is 4.13. The van der Waals surface area contributed by atoms with Gasteiger partial charge in [0.1, 0.15) is 0 Å². The van der Waals surface area contributed by atoms with Gasteiger partial charge in [-0.2, -0.15) is 13.2 Å². The van der Waals surface area contributed by atoms with Gasteiger partial charge in [-0.1, -0.05) is 0 Å². The van der Waals surface area contributed by atoms with Gasteiger partial charge in [-0.15, -0.1) is 0 Å². The second kappa shape index (κ2) is 5.39. The van der Waals surface area contributed by atoms with E-state index in [9.17, 15) is 22.8 Å². The highest BCUT2D eigenvalue weighted by Crippen LogP contribution is 2.15. The third kappa shape index (κ3) is 4.32. The molecule has 2 amide bonds. The number of hydrogen-bond acceptors (Lipinski definition) is 3. The van der Waals surface area contributed by atoms with E-state index in [0.717, 1.165) is 0 Å². The first-order valence-corrected chi connectivity index (χ1v) is 4.80. The summed E-state index contributed by atoms with van der Waals surface area (Å²) in [6.45, 7) is 1.33. The van der Waals surface area contributed by atoms with E-state index in [2.05, 4.69) is 10.7 Å². The zero-order valence-corrected chi connectivity index (χ0v) is 9.26. The van der Waals surface area contributed by atoms with Crippen LogP contribution in [0, 0.1) is 0 Å². The fraction of sp³-hybridized carbons (Fsp3) is 0.200. The molecule has 1 rings (SSSR count). The fourth-order valence-electron chi connectivity index (χ4n) is 1.04. The molecule has 1 aromatic carbocycles. The second-order valence-electron chi connectivity index (χ2n) is 3.34. The summed E-state index contributed by atoms with van der Waals surface area (Å²) in [5.74, 6) is -2.35. The SMILES string of the molecule is CC(=O)Nc1ccc(NNC(=O)C(F)(F)F)cc1. The van der Waals surface area contributed by atoms with Crippen molar-refractivity contribution in [2.24, 2.45) is 0 Å². The number of alkyl halides is 3. The Morgan fingerprint density at radius 1 is 1.06 bits per heavy atom. The number of hydrazine groups is 1. The summed E-state index contributed by atoms with van der Waals surface area (Å²) in [5, 5.41) is 2.49. The Morgan fingerprint density at radius 2 is 1.56 bits per heavy atom. The number of carbonyl (C=O) groups excluding carboxylic acids is 2. The number of carbonyl (C=O) groups is 2. The molecule has 5 nitrogen and oxygen atoms in total. The molecule has 1 aromatic rings. The monoisotopic (exact) mass is 261 g/mol. The van der Waals surface area contributed by atoms with E-state index in [-0.39, 0.29) is 11.6 Å². The van der Waals surface area contributed by atoms with Gasteiger partial charge in [0.05, 0.1) is 5.69 Å². The highest BCUT2D eigenvalue weighted by atomic mass is 19.4. The lowest BCUT2D eigenvalue weighted by Crippen LogP contribution is -2.40. The largest absolute Gasteiger partial charge is 0.472 e. The smallest absolute Gasteiger partial charge is 0.326 e. The van der Waals surface area contributed by atoms with E-state index >= 15 is 0 Å². The van der Waals surface area contributed by atoms with Crippen LogP contribution < -0.4 is 16.2 Å². The van der Waals surface area contributed by atoms with Gasteiger partial charge in [0, 0.05) is 12.6 Å². The summed E-state index contributed by atoms with van der Waals surface area (Å²) < 4.78 is 35.6. The zero-order valence-electron chi connectivity index (χ0n) is 9.26. The number of nitrogens with one attached hydrogen (secondary N) is 3. The molecule has 0 aliphatic carbocycles. The molecular weight excluding hydrogens is 251 g/mol. The van der Waals surface area contributed by atoms with E-state index in [1.54, 1.807) is 0 Å². The van der Waals surface area contributed by atoms with Gasteiger partial charge in [-0.3, -0.25) is 20.4 Å². The molecule has 0 aliphatic rings. The third-order valence-corrected chi connectivity index (χ3v) is 1.78. The molecule has 3 N–H and O–H groups in total. The van der Waals surface area contributed by atoms with Crippen LogP contribution in [0.1, 0.15) is 6.92 Å². The second-order valence-corrected chi connectivity index (χ2v) is 3.34. The van der Waals surface area contributed by atoms with E-state index in [1.807, 2.05) is 0 Å². The fourth-order valence-corrected chi connectivity index (χ4v) is 1.04. The molecule has 0 fully saturated rings. The van der Waals surface area contributed by atoms with Crippen molar-refractivity contribution in [1.82, 2.24) is 5.43 Å². The molecule has 0 heterocycles. The van der Waals surface area contributed by atoms with Crippen LogP contribution >= 0.6 is 0 Å². The third-order valence-electron chi connectivity index (χ3n) is 1.78. The van der Waals surface area contributed by atoms with Crippen LogP contribution in [-0.4, -0.2) is 18.0 Å². The van der Waals surface area contributed by atoms with E-state index in [1.165, 1.54) is 36.6 Å². The van der Waals surface area contributed by atoms with Crippen LogP contribution in [-0.2, 0) is 9.59 Å². The minimum absolute atomic E-state index is 0.252. The minimum atomic E-state index is -4.94. The van der Waals surface area contributed by atoms with E-state index in [4.69, 9.17) is 0 Å². The summed E-state index contributed by atoms with van der Waals surface area (Å²) in [5.41, 5.74) is 4.34. The van der Waals surface area contributed by atoms with Gasteiger partial charge in [-0.05, 0) is 24.3 Å². The Balaban J connectivity index is 2.54. The van der Waals surface area contributed by atoms with E-state index in [0.29, 0.717) is 5.69 Å². The Hall–Kier alpha value is -2.25. The highest BCUT2D eigenvalue weighted by molar-refractivity contribution is 5.88. The maximum absolute atomic E-state index is 11.9. The predicted octanol–water partition coefficient (Wildman–Crippen LogP) is 1.65. The topological polar surface area (TPSA) is 70.2 Å². The number of anilines is 2. The molecule has 0 spiro atoms. The normalized spacial score (nSPS) is 10.7. The first-order valence-electron chi connectivity index (χ1n) is 4.80. The molecule has 0 atom stereocenters.